The van der Waals surface area contributed by atoms with E-state index in [9.17, 15) is 12.8 Å². The third-order valence-corrected chi connectivity index (χ3v) is 2.61. The summed E-state index contributed by atoms with van der Waals surface area (Å²) in [5, 5.41) is 0.192. The molecule has 1 aromatic carbocycles. The van der Waals surface area contributed by atoms with Crippen LogP contribution in [0.3, 0.4) is 0 Å². The number of hydrogen-bond donors (Lipinski definition) is 2. The van der Waals surface area contributed by atoms with Crippen LogP contribution in [-0.2, 0) is 10.1 Å². The number of benzene rings is 1. The van der Waals surface area contributed by atoms with Gasteiger partial charge in [-0.1, -0.05) is 0 Å². The van der Waals surface area contributed by atoms with Crippen molar-refractivity contribution in [3.63, 3.8) is 0 Å². The quantitative estimate of drug-likeness (QED) is 0.574. The number of halogens is 1. The summed E-state index contributed by atoms with van der Waals surface area (Å²) in [6.45, 7) is 0. The van der Waals surface area contributed by atoms with E-state index in [1.54, 1.807) is 0 Å². The van der Waals surface area contributed by atoms with Crippen molar-refractivity contribution in [2.24, 2.45) is 0 Å². The summed E-state index contributed by atoms with van der Waals surface area (Å²) in [5.41, 5.74) is 0.331. The fourth-order valence-corrected chi connectivity index (χ4v) is 1.73. The van der Waals surface area contributed by atoms with Crippen LogP contribution in [0.15, 0.2) is 29.3 Å². The van der Waals surface area contributed by atoms with Gasteiger partial charge in [0, 0.05) is 10.9 Å². The molecular formula is C8H7FNNaO3S. The van der Waals surface area contributed by atoms with Crippen molar-refractivity contribution in [1.82, 2.24) is 4.98 Å². The predicted molar refractivity (Wildman–Crippen MR) is 55.2 cm³/mol. The van der Waals surface area contributed by atoms with Gasteiger partial charge in [-0.15, -0.1) is 0 Å². The second-order valence-electron chi connectivity index (χ2n) is 2.84. The monoisotopic (exact) mass is 239 g/mol. The summed E-state index contributed by atoms with van der Waals surface area (Å²) in [6, 6.07) is 5.04. The molecule has 4 nitrogen and oxygen atoms in total. The first-order valence-electron chi connectivity index (χ1n) is 3.72. The maximum atomic E-state index is 12.7. The molecule has 0 radical (unpaired) electrons. The molecule has 1 heterocycles. The van der Waals surface area contributed by atoms with E-state index in [1.807, 2.05) is 0 Å². The predicted octanol–water partition coefficient (Wildman–Crippen LogP) is 0.905. The van der Waals surface area contributed by atoms with E-state index in [0.29, 0.717) is 10.9 Å². The van der Waals surface area contributed by atoms with E-state index < -0.39 is 15.9 Å². The summed E-state index contributed by atoms with van der Waals surface area (Å²) < 4.78 is 42.9. The molecule has 1 aromatic heterocycles. The van der Waals surface area contributed by atoms with Crippen LogP contribution < -0.4 is 0 Å². The Balaban J connectivity index is 0.00000112. The SMILES string of the molecule is O=S(=O)(O)c1cc2ccc(F)cc2[nH]1.[NaH]. The topological polar surface area (TPSA) is 70.2 Å². The number of aromatic nitrogens is 1. The van der Waals surface area contributed by atoms with Crippen LogP contribution in [0.4, 0.5) is 4.39 Å². The molecule has 0 spiro atoms. The van der Waals surface area contributed by atoms with Crippen LogP contribution in [0.2, 0.25) is 0 Å². The normalized spacial score (nSPS) is 11.3. The molecule has 76 valence electrons. The van der Waals surface area contributed by atoms with Crippen LogP contribution >= 0.6 is 0 Å². The first-order valence-corrected chi connectivity index (χ1v) is 5.16. The van der Waals surface area contributed by atoms with E-state index in [2.05, 4.69) is 4.98 Å². The molecule has 0 aliphatic carbocycles. The molecule has 0 saturated carbocycles. The zero-order valence-electron chi connectivity index (χ0n) is 6.86. The minimum absolute atomic E-state index is 0. The molecule has 0 saturated heterocycles. The van der Waals surface area contributed by atoms with Gasteiger partial charge in [-0.2, -0.15) is 8.42 Å². The average Bonchev–Trinajstić information content (AvgIpc) is 2.45. The second kappa shape index (κ2) is 4.23. The van der Waals surface area contributed by atoms with Crippen molar-refractivity contribution in [3.05, 3.63) is 30.1 Å². The summed E-state index contributed by atoms with van der Waals surface area (Å²) in [5.74, 6) is -0.471. The van der Waals surface area contributed by atoms with Crippen LogP contribution in [0.25, 0.3) is 10.9 Å². The van der Waals surface area contributed by atoms with Gasteiger partial charge in [-0.25, -0.2) is 4.39 Å². The number of aromatic amines is 1. The molecule has 0 atom stereocenters. The van der Waals surface area contributed by atoms with Gasteiger partial charge in [-0.05, 0) is 24.3 Å². The third-order valence-electron chi connectivity index (χ3n) is 1.84. The minimum atomic E-state index is -4.26. The average molecular weight is 239 g/mol. The van der Waals surface area contributed by atoms with Crippen LogP contribution in [-0.4, -0.2) is 47.5 Å². The van der Waals surface area contributed by atoms with Crippen LogP contribution in [0.1, 0.15) is 0 Å². The molecule has 2 aromatic rings. The Morgan fingerprint density at radius 2 is 1.93 bits per heavy atom. The third kappa shape index (κ3) is 2.59. The van der Waals surface area contributed by atoms with Crippen LogP contribution in [0.5, 0.6) is 0 Å². The number of fused-ring (bicyclic) bond motifs is 1. The van der Waals surface area contributed by atoms with Crippen molar-refractivity contribution in [2.45, 2.75) is 5.03 Å². The van der Waals surface area contributed by atoms with Gasteiger partial charge >= 0.3 is 39.7 Å². The van der Waals surface area contributed by atoms with E-state index in [0.717, 1.165) is 6.07 Å². The second-order valence-corrected chi connectivity index (χ2v) is 4.23. The Hall–Kier alpha value is -0.400. The first-order chi connectivity index (χ1) is 6.47. The van der Waals surface area contributed by atoms with Gasteiger partial charge in [-0.3, -0.25) is 4.55 Å². The van der Waals surface area contributed by atoms with Crippen molar-refractivity contribution >= 4 is 50.6 Å². The van der Waals surface area contributed by atoms with Crippen molar-refractivity contribution < 1.29 is 17.4 Å². The number of rotatable bonds is 1. The zero-order valence-corrected chi connectivity index (χ0v) is 7.68. The summed E-state index contributed by atoms with van der Waals surface area (Å²) in [7, 11) is -4.26. The van der Waals surface area contributed by atoms with Gasteiger partial charge in [0.1, 0.15) is 5.82 Å². The molecule has 0 unspecified atom stereocenters. The molecule has 0 fully saturated rings. The van der Waals surface area contributed by atoms with Gasteiger partial charge in [0.2, 0.25) is 0 Å². The molecule has 0 bridgehead atoms. The number of hydrogen-bond acceptors (Lipinski definition) is 2. The number of nitrogens with one attached hydrogen (secondary N) is 1. The molecule has 2 rings (SSSR count). The Labute approximate surface area is 108 Å². The van der Waals surface area contributed by atoms with Crippen LogP contribution in [0, 0.1) is 5.82 Å². The Morgan fingerprint density at radius 3 is 2.53 bits per heavy atom. The van der Waals surface area contributed by atoms with Crippen molar-refractivity contribution in [1.29, 1.82) is 0 Å². The molecule has 7 heteroatoms. The number of H-pyrrole nitrogens is 1. The van der Waals surface area contributed by atoms with Gasteiger partial charge in [0.25, 0.3) is 0 Å². The fourth-order valence-electron chi connectivity index (χ4n) is 1.21. The molecular weight excluding hydrogens is 232 g/mol. The zero-order chi connectivity index (χ0) is 10.3. The van der Waals surface area contributed by atoms with E-state index >= 15 is 0 Å². The molecule has 0 amide bonds. The Morgan fingerprint density at radius 1 is 1.27 bits per heavy atom. The summed E-state index contributed by atoms with van der Waals surface area (Å²) in [6.07, 6.45) is 0. The first kappa shape index (κ1) is 12.7. The molecule has 0 aliphatic rings. The van der Waals surface area contributed by atoms with Gasteiger partial charge < -0.3 is 4.98 Å². The summed E-state index contributed by atoms with van der Waals surface area (Å²) >= 11 is 0. The Bertz CT molecular complexity index is 593. The van der Waals surface area contributed by atoms with E-state index in [1.165, 1.54) is 18.2 Å². The summed E-state index contributed by atoms with van der Waals surface area (Å²) in [4.78, 5) is 2.40. The Kier molecular flexibility index (Phi) is 3.57. The van der Waals surface area contributed by atoms with E-state index in [4.69, 9.17) is 4.55 Å². The fraction of sp³-hybridized carbons (Fsp3) is 0. The van der Waals surface area contributed by atoms with Crippen molar-refractivity contribution in [2.75, 3.05) is 0 Å². The van der Waals surface area contributed by atoms with Gasteiger partial charge in [0.15, 0.2) is 5.03 Å². The maximum absolute atomic E-state index is 12.7. The standard InChI is InChI=1S/C8H6FNO3S.Na.H/c9-6-2-1-5-3-8(14(11,12)13)10-7(5)4-6;;/h1-4,10H,(H,11,12,13);;. The molecule has 0 aliphatic heterocycles. The van der Waals surface area contributed by atoms with E-state index in [-0.39, 0.29) is 34.6 Å². The van der Waals surface area contributed by atoms with Gasteiger partial charge in [0.05, 0.1) is 0 Å². The van der Waals surface area contributed by atoms with Crippen molar-refractivity contribution in [3.8, 4) is 0 Å². The molecule has 15 heavy (non-hydrogen) atoms. The molecule has 2 N–H and O–H groups in total.